The van der Waals surface area contributed by atoms with Crippen LogP contribution in [0.15, 0.2) is 0 Å². The molecule has 0 aromatic rings. The number of carbonyl (C=O) groups is 1. The van der Waals surface area contributed by atoms with Gasteiger partial charge in [-0.25, -0.2) is 0 Å². The maximum absolute atomic E-state index is 12.1. The third kappa shape index (κ3) is 22.9. The van der Waals surface area contributed by atoms with Crippen LogP contribution in [0.5, 0.6) is 0 Å². The highest BCUT2D eigenvalue weighted by atomic mass is 16.3. The van der Waals surface area contributed by atoms with Gasteiger partial charge < -0.3 is 15.5 Å². The molecule has 0 rings (SSSR count). The molecule has 198 valence electrons. The molecule has 0 saturated carbocycles. The highest BCUT2D eigenvalue weighted by molar-refractivity contribution is 5.76. The molecule has 0 aromatic carbocycles. The highest BCUT2D eigenvalue weighted by Gasteiger charge is 2.19. The second-order valence-electron chi connectivity index (χ2n) is 10.2. The van der Waals surface area contributed by atoms with E-state index in [-0.39, 0.29) is 12.5 Å². The first-order chi connectivity index (χ1) is 16.2. The zero-order valence-corrected chi connectivity index (χ0v) is 22.4. The minimum Gasteiger partial charge on any atom is -0.394 e. The molecule has 0 heterocycles. The summed E-state index contributed by atoms with van der Waals surface area (Å²) >= 11 is 0. The number of hydrogen-bond donors (Lipinski definition) is 3. The molecule has 0 bridgehead atoms. The molecule has 0 aliphatic heterocycles. The van der Waals surface area contributed by atoms with Gasteiger partial charge in [-0.3, -0.25) is 4.79 Å². The van der Waals surface area contributed by atoms with Gasteiger partial charge in [0.25, 0.3) is 0 Å². The summed E-state index contributed by atoms with van der Waals surface area (Å²) in [7, 11) is 0. The van der Waals surface area contributed by atoms with Crippen LogP contribution in [0, 0.1) is 0 Å². The monoisotopic (exact) mass is 469 g/mol. The van der Waals surface area contributed by atoms with E-state index in [1.54, 1.807) is 0 Å². The van der Waals surface area contributed by atoms with E-state index in [1.165, 1.54) is 109 Å². The van der Waals surface area contributed by atoms with Crippen molar-refractivity contribution in [3.8, 4) is 0 Å². The predicted molar refractivity (Wildman–Crippen MR) is 143 cm³/mol. The van der Waals surface area contributed by atoms with Gasteiger partial charge in [-0.05, 0) is 12.8 Å². The average Bonchev–Trinajstić information content (AvgIpc) is 2.82. The van der Waals surface area contributed by atoms with Crippen LogP contribution in [0.1, 0.15) is 162 Å². The van der Waals surface area contributed by atoms with Crippen molar-refractivity contribution in [1.82, 2.24) is 5.32 Å². The zero-order valence-electron chi connectivity index (χ0n) is 22.4. The number of unbranched alkanes of at least 4 members (excludes halogenated alkanes) is 19. The van der Waals surface area contributed by atoms with Gasteiger partial charge in [-0.1, -0.05) is 142 Å². The minimum atomic E-state index is -0.648. The average molecular weight is 470 g/mol. The summed E-state index contributed by atoms with van der Waals surface area (Å²) < 4.78 is 0. The van der Waals surface area contributed by atoms with E-state index >= 15 is 0 Å². The van der Waals surface area contributed by atoms with E-state index < -0.39 is 12.1 Å². The van der Waals surface area contributed by atoms with Crippen LogP contribution in [0.2, 0.25) is 0 Å². The number of rotatable bonds is 26. The zero-order chi connectivity index (χ0) is 24.4. The van der Waals surface area contributed by atoms with E-state index in [4.69, 9.17) is 0 Å². The molecule has 0 aliphatic carbocycles. The molecular weight excluding hydrogens is 410 g/mol. The molecular formula is C29H59NO3. The maximum atomic E-state index is 12.1. The molecule has 33 heavy (non-hydrogen) atoms. The second-order valence-corrected chi connectivity index (χ2v) is 10.2. The van der Waals surface area contributed by atoms with Crippen molar-refractivity contribution in [2.75, 3.05) is 6.61 Å². The van der Waals surface area contributed by atoms with E-state index in [9.17, 15) is 15.0 Å². The third-order valence-electron chi connectivity index (χ3n) is 6.87. The number of hydrogen-bond acceptors (Lipinski definition) is 3. The van der Waals surface area contributed by atoms with Crippen molar-refractivity contribution in [2.24, 2.45) is 0 Å². The molecule has 0 aromatic heterocycles. The standard InChI is InChI=1S/C29H59NO3/c1-3-5-7-9-11-13-14-15-16-17-18-20-22-24-28(32)27(26-31)30-29(33)25-23-21-19-12-10-8-6-4-2/h27-28,31-32H,3-26H2,1-2H3,(H,30,33). The lowest BCUT2D eigenvalue weighted by Crippen LogP contribution is -2.45. The summed E-state index contributed by atoms with van der Waals surface area (Å²) in [5.41, 5.74) is 0. The Balaban J connectivity index is 3.58. The molecule has 3 N–H and O–H groups in total. The van der Waals surface area contributed by atoms with Crippen LogP contribution in [0.4, 0.5) is 0 Å². The lowest BCUT2D eigenvalue weighted by atomic mass is 10.0. The normalized spacial score (nSPS) is 13.2. The maximum Gasteiger partial charge on any atom is 0.220 e. The number of amides is 1. The van der Waals surface area contributed by atoms with Gasteiger partial charge >= 0.3 is 0 Å². The Kier molecular flexibility index (Phi) is 25.5. The molecule has 4 heteroatoms. The van der Waals surface area contributed by atoms with Crippen LogP contribution in [0.3, 0.4) is 0 Å². The number of aliphatic hydroxyl groups excluding tert-OH is 2. The highest BCUT2D eigenvalue weighted by Crippen LogP contribution is 2.14. The number of nitrogens with one attached hydrogen (secondary N) is 1. The van der Waals surface area contributed by atoms with Crippen LogP contribution in [0.25, 0.3) is 0 Å². The first-order valence-corrected chi connectivity index (χ1v) is 14.7. The quantitative estimate of drug-likeness (QED) is 0.113. The molecule has 0 spiro atoms. The summed E-state index contributed by atoms with van der Waals surface area (Å²) in [6, 6.07) is -0.524. The first-order valence-electron chi connectivity index (χ1n) is 14.7. The smallest absolute Gasteiger partial charge is 0.220 e. The van der Waals surface area contributed by atoms with Gasteiger partial charge in [0.05, 0.1) is 18.8 Å². The number of aliphatic hydroxyl groups is 2. The molecule has 1 amide bonds. The fourth-order valence-electron chi connectivity index (χ4n) is 4.53. The largest absolute Gasteiger partial charge is 0.394 e. The Morgan fingerprint density at radius 1 is 0.606 bits per heavy atom. The molecule has 0 aliphatic rings. The lowest BCUT2D eigenvalue weighted by Gasteiger charge is -2.22. The first kappa shape index (κ1) is 32.4. The Hall–Kier alpha value is -0.610. The van der Waals surface area contributed by atoms with Crippen LogP contribution >= 0.6 is 0 Å². The van der Waals surface area contributed by atoms with E-state index in [0.29, 0.717) is 12.8 Å². The van der Waals surface area contributed by atoms with Crippen molar-refractivity contribution in [3.63, 3.8) is 0 Å². The summed E-state index contributed by atoms with van der Waals surface area (Å²) in [4.78, 5) is 12.1. The van der Waals surface area contributed by atoms with E-state index in [1.807, 2.05) is 0 Å². The molecule has 0 saturated heterocycles. The van der Waals surface area contributed by atoms with Crippen molar-refractivity contribution in [1.29, 1.82) is 0 Å². The van der Waals surface area contributed by atoms with Gasteiger partial charge in [0.1, 0.15) is 0 Å². The molecule has 0 radical (unpaired) electrons. The van der Waals surface area contributed by atoms with Gasteiger partial charge in [0.15, 0.2) is 0 Å². The van der Waals surface area contributed by atoms with Crippen LogP contribution < -0.4 is 5.32 Å². The van der Waals surface area contributed by atoms with E-state index in [0.717, 1.165) is 25.7 Å². The third-order valence-corrected chi connectivity index (χ3v) is 6.87. The Morgan fingerprint density at radius 3 is 1.36 bits per heavy atom. The van der Waals surface area contributed by atoms with Gasteiger partial charge in [0, 0.05) is 6.42 Å². The molecule has 2 unspecified atom stereocenters. The summed E-state index contributed by atoms with van der Waals surface area (Å²) in [6.45, 7) is 4.31. The van der Waals surface area contributed by atoms with Crippen molar-refractivity contribution >= 4 is 5.91 Å². The van der Waals surface area contributed by atoms with Gasteiger partial charge in [-0.15, -0.1) is 0 Å². The SMILES string of the molecule is CCCCCCCCCCCCCCCC(O)C(CO)NC(=O)CCCCCCCCCC. The Labute approximate surface area is 206 Å². The van der Waals surface area contributed by atoms with Crippen molar-refractivity contribution in [3.05, 3.63) is 0 Å². The van der Waals surface area contributed by atoms with Gasteiger partial charge in [-0.2, -0.15) is 0 Å². The van der Waals surface area contributed by atoms with Crippen LogP contribution in [-0.2, 0) is 4.79 Å². The fourth-order valence-corrected chi connectivity index (χ4v) is 4.53. The van der Waals surface area contributed by atoms with Crippen molar-refractivity contribution < 1.29 is 15.0 Å². The molecule has 0 fully saturated rings. The molecule has 2 atom stereocenters. The Morgan fingerprint density at radius 2 is 0.970 bits per heavy atom. The summed E-state index contributed by atoms with van der Waals surface area (Å²) in [5.74, 6) is -0.0375. The topological polar surface area (TPSA) is 69.6 Å². The summed E-state index contributed by atoms with van der Waals surface area (Å²) in [5, 5.41) is 22.8. The minimum absolute atomic E-state index is 0.0375. The Bertz CT molecular complexity index is 402. The van der Waals surface area contributed by atoms with E-state index in [2.05, 4.69) is 19.2 Å². The van der Waals surface area contributed by atoms with Crippen molar-refractivity contribution in [2.45, 2.75) is 174 Å². The predicted octanol–water partition coefficient (Wildman–Crippen LogP) is 7.84. The lowest BCUT2D eigenvalue weighted by molar-refractivity contribution is -0.123. The van der Waals surface area contributed by atoms with Crippen LogP contribution in [-0.4, -0.2) is 34.9 Å². The summed E-state index contributed by atoms with van der Waals surface area (Å²) in [6.07, 6.45) is 27.1. The fraction of sp³-hybridized carbons (Fsp3) is 0.966. The second kappa shape index (κ2) is 26.0. The van der Waals surface area contributed by atoms with Gasteiger partial charge in [0.2, 0.25) is 5.91 Å². The number of carbonyl (C=O) groups excluding carboxylic acids is 1. The molecule has 4 nitrogen and oxygen atoms in total.